The highest BCUT2D eigenvalue weighted by Crippen LogP contribution is 2.48. The highest BCUT2D eigenvalue weighted by Gasteiger charge is 2.50. The minimum absolute atomic E-state index is 0.0272. The highest BCUT2D eigenvalue weighted by atomic mass is 19.2. The van der Waals surface area contributed by atoms with Gasteiger partial charge in [0.25, 0.3) is 0 Å². The Kier molecular flexibility index (Phi) is 8.41. The van der Waals surface area contributed by atoms with E-state index < -0.39 is 22.7 Å². The van der Waals surface area contributed by atoms with Crippen LogP contribution in [-0.2, 0) is 22.7 Å². The van der Waals surface area contributed by atoms with Gasteiger partial charge in [0, 0.05) is 42.4 Å². The van der Waals surface area contributed by atoms with E-state index in [1.165, 1.54) is 6.07 Å². The number of Topliss-reactive ketones (excluding diaryl/α,β-unsaturated/α-hetero) is 1. The zero-order valence-corrected chi connectivity index (χ0v) is 25.0. The maximum absolute atomic E-state index is 14.3. The number of rotatable bonds is 8. The van der Waals surface area contributed by atoms with Crippen LogP contribution in [-0.4, -0.2) is 33.7 Å². The van der Waals surface area contributed by atoms with Gasteiger partial charge in [-0.1, -0.05) is 59.1 Å². The van der Waals surface area contributed by atoms with Crippen molar-refractivity contribution in [1.29, 1.82) is 0 Å². The number of hydrogen-bond donors (Lipinski definition) is 0. The molecule has 3 heterocycles. The first-order valence-corrected chi connectivity index (χ1v) is 15.1. The standard InChI is InChI=1S/C33H41F2N3O4/c1-21(27(39)10-14-32(2,3)4)33(12-6-5-7-13-33)30(40)23-11-15-37-24(17-23)19-38-29(37)18-28(36-31(38)41)42-20-22-8-9-25(34)26(35)16-22/h8-10,14,16,18,21,23-24H,5-7,11-13,15,17,19-20H2,1-4H3/b14-10-. The average molecular weight is 582 g/mol. The van der Waals surface area contributed by atoms with Crippen LogP contribution >= 0.6 is 0 Å². The lowest BCUT2D eigenvalue weighted by molar-refractivity contribution is -0.144. The van der Waals surface area contributed by atoms with Gasteiger partial charge in [0.05, 0.1) is 0 Å². The Morgan fingerprint density at radius 1 is 1.14 bits per heavy atom. The number of ether oxygens (including phenoxy) is 1. The number of halogens is 2. The summed E-state index contributed by atoms with van der Waals surface area (Å²) in [5.74, 6) is -1.40. The molecule has 5 rings (SSSR count). The zero-order chi connectivity index (χ0) is 30.2. The molecular weight excluding hydrogens is 540 g/mol. The van der Waals surface area contributed by atoms with Crippen molar-refractivity contribution in [2.75, 3.05) is 11.4 Å². The Balaban J connectivity index is 1.30. The third kappa shape index (κ3) is 6.06. The van der Waals surface area contributed by atoms with Crippen LogP contribution in [0.5, 0.6) is 5.88 Å². The van der Waals surface area contributed by atoms with E-state index in [0.717, 1.165) is 44.2 Å². The minimum atomic E-state index is -0.964. The average Bonchev–Trinajstić information content (AvgIpc) is 3.34. The molecule has 0 N–H and O–H groups in total. The Bertz CT molecular complexity index is 1440. The van der Waals surface area contributed by atoms with Crippen molar-refractivity contribution in [3.05, 3.63) is 64.1 Å². The van der Waals surface area contributed by atoms with E-state index in [1.54, 1.807) is 16.7 Å². The molecule has 1 saturated heterocycles. The normalized spacial score (nSPS) is 22.5. The molecule has 7 nitrogen and oxygen atoms in total. The Morgan fingerprint density at radius 3 is 2.57 bits per heavy atom. The fraction of sp³-hybridized carbons (Fsp3) is 0.576. The maximum atomic E-state index is 14.3. The third-order valence-corrected chi connectivity index (χ3v) is 9.35. The highest BCUT2D eigenvalue weighted by molar-refractivity contribution is 5.98. The van der Waals surface area contributed by atoms with Crippen LogP contribution in [0.2, 0.25) is 0 Å². The van der Waals surface area contributed by atoms with Gasteiger partial charge in [-0.15, -0.1) is 0 Å². The van der Waals surface area contributed by atoms with Crippen molar-refractivity contribution in [3.63, 3.8) is 0 Å². The summed E-state index contributed by atoms with van der Waals surface area (Å²) in [5, 5.41) is 0. The van der Waals surface area contributed by atoms with Crippen molar-refractivity contribution >= 4 is 17.4 Å². The smallest absolute Gasteiger partial charge is 0.352 e. The lowest BCUT2D eigenvalue weighted by atomic mass is 9.59. The van der Waals surface area contributed by atoms with Gasteiger partial charge in [-0.05, 0) is 54.9 Å². The van der Waals surface area contributed by atoms with E-state index in [1.807, 2.05) is 13.0 Å². The second kappa shape index (κ2) is 11.7. The van der Waals surface area contributed by atoms with Crippen molar-refractivity contribution < 1.29 is 23.1 Å². The molecule has 226 valence electrons. The number of anilines is 1. The first kappa shape index (κ1) is 30.1. The Morgan fingerprint density at radius 2 is 1.88 bits per heavy atom. The molecule has 3 unspecified atom stereocenters. The first-order chi connectivity index (χ1) is 19.9. The molecule has 2 aliphatic heterocycles. The summed E-state index contributed by atoms with van der Waals surface area (Å²) in [6, 6.07) is 5.18. The van der Waals surface area contributed by atoms with E-state index >= 15 is 0 Å². The number of hydrogen-bond acceptors (Lipinski definition) is 6. The molecule has 0 bridgehead atoms. The van der Waals surface area contributed by atoms with Gasteiger partial charge in [-0.25, -0.2) is 13.6 Å². The molecule has 1 aliphatic carbocycles. The molecule has 42 heavy (non-hydrogen) atoms. The lowest BCUT2D eigenvalue weighted by Gasteiger charge is -2.44. The predicted octanol–water partition coefficient (Wildman–Crippen LogP) is 6.03. The van der Waals surface area contributed by atoms with Crippen LogP contribution in [0, 0.1) is 34.3 Å². The van der Waals surface area contributed by atoms with Gasteiger partial charge in [0.1, 0.15) is 18.2 Å². The lowest BCUT2D eigenvalue weighted by Crippen LogP contribution is -2.50. The second-order valence-electron chi connectivity index (χ2n) is 13.4. The van der Waals surface area contributed by atoms with Crippen LogP contribution in [0.3, 0.4) is 0 Å². The van der Waals surface area contributed by atoms with Gasteiger partial charge in [0.15, 0.2) is 17.4 Å². The minimum Gasteiger partial charge on any atom is -0.473 e. The van der Waals surface area contributed by atoms with E-state index in [9.17, 15) is 23.2 Å². The van der Waals surface area contributed by atoms with Crippen LogP contribution < -0.4 is 15.3 Å². The van der Waals surface area contributed by atoms with Gasteiger partial charge in [-0.2, -0.15) is 4.98 Å². The molecule has 1 aromatic carbocycles. The molecule has 3 atom stereocenters. The largest absolute Gasteiger partial charge is 0.473 e. The third-order valence-electron chi connectivity index (χ3n) is 9.35. The molecule has 0 radical (unpaired) electrons. The molecule has 1 saturated carbocycles. The maximum Gasteiger partial charge on any atom is 0.352 e. The molecule has 9 heteroatoms. The molecule has 3 aliphatic rings. The van der Waals surface area contributed by atoms with Crippen molar-refractivity contribution in [2.24, 2.45) is 22.7 Å². The van der Waals surface area contributed by atoms with Crippen LogP contribution in [0.25, 0.3) is 0 Å². The van der Waals surface area contributed by atoms with Crippen LogP contribution in [0.15, 0.2) is 41.2 Å². The number of fused-ring (bicyclic) bond motifs is 3. The van der Waals surface area contributed by atoms with Gasteiger partial charge in [0.2, 0.25) is 5.88 Å². The number of allylic oxidation sites excluding steroid dienone is 2. The summed E-state index contributed by atoms with van der Waals surface area (Å²) < 4.78 is 34.1. The summed E-state index contributed by atoms with van der Waals surface area (Å²) in [6.45, 7) is 9.08. The van der Waals surface area contributed by atoms with E-state index in [2.05, 4.69) is 30.7 Å². The summed E-state index contributed by atoms with van der Waals surface area (Å²) in [5.41, 5.74) is -0.777. The van der Waals surface area contributed by atoms with Gasteiger partial charge < -0.3 is 9.64 Å². The fourth-order valence-electron chi connectivity index (χ4n) is 6.95. The summed E-state index contributed by atoms with van der Waals surface area (Å²) in [7, 11) is 0. The van der Waals surface area contributed by atoms with Crippen LogP contribution in [0.4, 0.5) is 14.6 Å². The first-order valence-electron chi connectivity index (χ1n) is 15.1. The van der Waals surface area contributed by atoms with Gasteiger partial charge in [-0.3, -0.25) is 14.2 Å². The molecular formula is C33H41F2N3O4. The molecule has 2 aromatic rings. The zero-order valence-electron chi connectivity index (χ0n) is 25.0. The van der Waals surface area contributed by atoms with Crippen molar-refractivity contribution in [3.8, 4) is 5.88 Å². The number of nitrogens with zero attached hydrogens (tertiary/aromatic N) is 3. The fourth-order valence-corrected chi connectivity index (χ4v) is 6.95. The number of ketones is 2. The van der Waals surface area contributed by atoms with Crippen molar-refractivity contribution in [1.82, 2.24) is 9.55 Å². The predicted molar refractivity (Wildman–Crippen MR) is 156 cm³/mol. The molecule has 0 spiro atoms. The number of carbonyl (C=O) groups is 2. The Labute approximate surface area is 246 Å². The Hall–Kier alpha value is -3.36. The quantitative estimate of drug-likeness (QED) is 0.355. The number of carbonyl (C=O) groups excluding carboxylic acids is 2. The second-order valence-corrected chi connectivity index (χ2v) is 13.4. The number of piperidine rings is 1. The van der Waals surface area contributed by atoms with E-state index in [4.69, 9.17) is 4.74 Å². The molecule has 0 amide bonds. The SMILES string of the molecule is CC(C(=O)/C=C\C(C)(C)C)C1(C(=O)C2CCN3c4cc(OCc5ccc(F)c(F)c5)nc(=O)n4CC3C2)CCCCC1. The topological polar surface area (TPSA) is 81.5 Å². The summed E-state index contributed by atoms with van der Waals surface area (Å²) in [4.78, 5) is 46.8. The molecule has 1 aromatic heterocycles. The van der Waals surface area contributed by atoms with E-state index in [-0.39, 0.29) is 47.3 Å². The number of benzene rings is 1. The van der Waals surface area contributed by atoms with Crippen LogP contribution in [0.1, 0.15) is 78.2 Å². The monoisotopic (exact) mass is 581 g/mol. The van der Waals surface area contributed by atoms with Crippen molar-refractivity contribution in [2.45, 2.75) is 91.8 Å². The van der Waals surface area contributed by atoms with Gasteiger partial charge >= 0.3 is 5.69 Å². The van der Waals surface area contributed by atoms with E-state index in [0.29, 0.717) is 37.3 Å². The number of aromatic nitrogens is 2. The summed E-state index contributed by atoms with van der Waals surface area (Å²) >= 11 is 0. The summed E-state index contributed by atoms with van der Waals surface area (Å²) in [6.07, 6.45) is 9.36. The molecule has 2 fully saturated rings.